The molecule has 0 radical (unpaired) electrons. The van der Waals surface area contributed by atoms with Crippen molar-refractivity contribution in [1.29, 1.82) is 5.26 Å². The minimum atomic E-state index is -3.78. The summed E-state index contributed by atoms with van der Waals surface area (Å²) in [6, 6.07) is 5.62. The summed E-state index contributed by atoms with van der Waals surface area (Å²) in [5, 5.41) is 10.6. The van der Waals surface area contributed by atoms with Crippen molar-refractivity contribution in [3.8, 4) is 6.07 Å². The Hall–Kier alpha value is -2.22. The zero-order valence-electron chi connectivity index (χ0n) is 15.8. The van der Waals surface area contributed by atoms with E-state index in [1.54, 1.807) is 18.3 Å². The fourth-order valence-electron chi connectivity index (χ4n) is 2.78. The lowest BCUT2D eigenvalue weighted by molar-refractivity contribution is 0.603. The van der Waals surface area contributed by atoms with Gasteiger partial charge in [-0.05, 0) is 24.3 Å². The average molecular weight is 436 g/mol. The van der Waals surface area contributed by atoms with Crippen LogP contribution in [0.15, 0.2) is 28.7 Å². The lowest BCUT2D eigenvalue weighted by atomic mass is 10.1. The van der Waals surface area contributed by atoms with Crippen molar-refractivity contribution in [3.63, 3.8) is 0 Å². The molecule has 2 N–H and O–H groups in total. The van der Waals surface area contributed by atoms with Gasteiger partial charge in [-0.15, -0.1) is 0 Å². The summed E-state index contributed by atoms with van der Waals surface area (Å²) >= 11 is 2.97. The highest BCUT2D eigenvalue weighted by atomic mass is 32.2. The van der Waals surface area contributed by atoms with Crippen LogP contribution in [0.2, 0.25) is 0 Å². The Labute approximate surface area is 172 Å². The number of thiazole rings is 1. The molecule has 3 aromatic rings. The molecule has 0 fully saturated rings. The summed E-state index contributed by atoms with van der Waals surface area (Å²) < 4.78 is 28.5. The van der Waals surface area contributed by atoms with Gasteiger partial charge in [0, 0.05) is 30.9 Å². The van der Waals surface area contributed by atoms with Gasteiger partial charge in [-0.1, -0.05) is 24.3 Å². The van der Waals surface area contributed by atoms with Crippen molar-refractivity contribution in [2.45, 2.75) is 18.1 Å². The number of anilines is 2. The van der Waals surface area contributed by atoms with Gasteiger partial charge >= 0.3 is 0 Å². The number of thioether (sulfide) groups is 1. The quantitative estimate of drug-likeness (QED) is 0.522. The maximum atomic E-state index is 12.9. The molecule has 7 nitrogen and oxygen atoms in total. The number of nitrogens with zero attached hydrogens (tertiary/aromatic N) is 3. The number of hydrogen-bond acceptors (Lipinski definition) is 7. The molecule has 148 valence electrons. The highest BCUT2D eigenvalue weighted by Gasteiger charge is 2.21. The van der Waals surface area contributed by atoms with Crippen molar-refractivity contribution in [2.75, 3.05) is 34.7 Å². The van der Waals surface area contributed by atoms with E-state index in [1.165, 1.54) is 6.20 Å². The van der Waals surface area contributed by atoms with E-state index >= 15 is 0 Å². The van der Waals surface area contributed by atoms with Crippen LogP contribution in [0.5, 0.6) is 0 Å². The normalized spacial score (nSPS) is 11.5. The molecule has 0 unspecified atom stereocenters. The van der Waals surface area contributed by atoms with E-state index in [2.05, 4.69) is 27.7 Å². The van der Waals surface area contributed by atoms with Crippen LogP contribution in [0.25, 0.3) is 10.9 Å². The van der Waals surface area contributed by atoms with Gasteiger partial charge in [-0.3, -0.25) is 4.72 Å². The molecule has 2 heterocycles. The van der Waals surface area contributed by atoms with Crippen LogP contribution in [0, 0.1) is 18.3 Å². The second-order valence-electron chi connectivity index (χ2n) is 6.18. The lowest BCUT2D eigenvalue weighted by Gasteiger charge is -2.14. The standard InChI is InChI=1S/C18H21N5O2S3/c1-4-26-8-7-23(3)18-21-11-15(27-18)28(24,25)22-14-6-5-12(2)16-13(9-19)10-20-17(14)16/h5-6,10-11,20,22H,4,7-8H2,1-3H3. The number of H-pyrrole nitrogens is 1. The Morgan fingerprint density at radius 2 is 2.21 bits per heavy atom. The molecule has 28 heavy (non-hydrogen) atoms. The Morgan fingerprint density at radius 1 is 1.43 bits per heavy atom. The Morgan fingerprint density at radius 3 is 2.93 bits per heavy atom. The van der Waals surface area contributed by atoms with E-state index in [0.717, 1.165) is 40.3 Å². The maximum absolute atomic E-state index is 12.9. The summed E-state index contributed by atoms with van der Waals surface area (Å²) in [4.78, 5) is 9.22. The number of fused-ring (bicyclic) bond motifs is 1. The van der Waals surface area contributed by atoms with Crippen LogP contribution < -0.4 is 9.62 Å². The van der Waals surface area contributed by atoms with Gasteiger partial charge in [0.05, 0.1) is 23.0 Å². The SMILES string of the molecule is CCSCCN(C)c1ncc(S(=O)(=O)Nc2ccc(C)c3c(C#N)c[nH]c23)s1. The first-order chi connectivity index (χ1) is 13.4. The van der Waals surface area contributed by atoms with Crippen LogP contribution in [0.3, 0.4) is 0 Å². The minimum absolute atomic E-state index is 0.151. The van der Waals surface area contributed by atoms with Crippen LogP contribution in [0.1, 0.15) is 18.1 Å². The van der Waals surface area contributed by atoms with Gasteiger partial charge in [-0.2, -0.15) is 17.0 Å². The molecule has 1 aromatic carbocycles. The second kappa shape index (κ2) is 8.43. The molecule has 0 atom stereocenters. The van der Waals surface area contributed by atoms with E-state index in [4.69, 9.17) is 0 Å². The van der Waals surface area contributed by atoms with Gasteiger partial charge in [-0.25, -0.2) is 13.4 Å². The molecular weight excluding hydrogens is 414 g/mol. The summed E-state index contributed by atoms with van der Waals surface area (Å²) in [6.07, 6.45) is 2.97. The molecule has 0 aliphatic carbocycles. The largest absolute Gasteiger partial charge is 0.358 e. The summed E-state index contributed by atoms with van der Waals surface area (Å²) in [5.74, 6) is 2.01. The fourth-order valence-corrected chi connectivity index (χ4v) is 5.65. The number of nitriles is 1. The number of rotatable bonds is 8. The first-order valence-corrected chi connectivity index (χ1v) is 12.1. The zero-order chi connectivity index (χ0) is 20.3. The topological polar surface area (TPSA) is 102 Å². The van der Waals surface area contributed by atoms with Crippen molar-refractivity contribution < 1.29 is 8.42 Å². The first kappa shape index (κ1) is 20.5. The molecular formula is C18H21N5O2S3. The maximum Gasteiger partial charge on any atom is 0.273 e. The molecule has 0 spiro atoms. The second-order valence-corrected chi connectivity index (χ2v) is 10.5. The molecule has 0 saturated carbocycles. The highest BCUT2D eigenvalue weighted by Crippen LogP contribution is 2.32. The lowest BCUT2D eigenvalue weighted by Crippen LogP contribution is -2.19. The smallest absolute Gasteiger partial charge is 0.273 e. The third kappa shape index (κ3) is 4.11. The van der Waals surface area contributed by atoms with Crippen molar-refractivity contribution in [2.24, 2.45) is 0 Å². The minimum Gasteiger partial charge on any atom is -0.358 e. The summed E-state index contributed by atoms with van der Waals surface area (Å²) in [5.41, 5.74) is 2.39. The third-order valence-corrected chi connectivity index (χ3v) is 8.07. The number of aryl methyl sites for hydroxylation is 1. The van der Waals surface area contributed by atoms with Crippen LogP contribution >= 0.6 is 23.1 Å². The number of nitrogens with one attached hydrogen (secondary N) is 2. The highest BCUT2D eigenvalue weighted by molar-refractivity contribution is 7.99. The average Bonchev–Trinajstić information content (AvgIpc) is 3.32. The predicted octanol–water partition coefficient (Wildman–Crippen LogP) is 3.79. The third-order valence-electron chi connectivity index (χ3n) is 4.25. The number of hydrogen-bond donors (Lipinski definition) is 2. The van der Waals surface area contributed by atoms with E-state index < -0.39 is 10.0 Å². The Balaban J connectivity index is 1.86. The zero-order valence-corrected chi connectivity index (χ0v) is 18.3. The van der Waals surface area contributed by atoms with Crippen LogP contribution in [-0.2, 0) is 10.0 Å². The van der Waals surface area contributed by atoms with E-state index in [1.807, 2.05) is 30.6 Å². The fraction of sp³-hybridized carbons (Fsp3) is 0.333. The number of benzene rings is 1. The molecule has 0 bridgehead atoms. The molecule has 0 saturated heterocycles. The van der Waals surface area contributed by atoms with E-state index in [-0.39, 0.29) is 4.21 Å². The molecule has 0 amide bonds. The molecule has 10 heteroatoms. The number of aromatic amines is 1. The van der Waals surface area contributed by atoms with Crippen LogP contribution in [0.4, 0.5) is 10.8 Å². The van der Waals surface area contributed by atoms with Gasteiger partial charge in [0.25, 0.3) is 10.0 Å². The van der Waals surface area contributed by atoms with Gasteiger partial charge in [0.2, 0.25) is 0 Å². The first-order valence-electron chi connectivity index (χ1n) is 8.65. The molecule has 0 aliphatic rings. The Bertz CT molecular complexity index is 1130. The van der Waals surface area contributed by atoms with Gasteiger partial charge in [0.15, 0.2) is 9.34 Å². The summed E-state index contributed by atoms with van der Waals surface area (Å²) in [7, 11) is -1.87. The number of aromatic nitrogens is 2. The molecule has 2 aromatic heterocycles. The molecule has 3 rings (SSSR count). The number of sulfonamides is 1. The summed E-state index contributed by atoms with van der Waals surface area (Å²) in [6.45, 7) is 4.80. The van der Waals surface area contributed by atoms with Gasteiger partial charge in [0.1, 0.15) is 6.07 Å². The van der Waals surface area contributed by atoms with Gasteiger partial charge < -0.3 is 9.88 Å². The van der Waals surface area contributed by atoms with E-state index in [0.29, 0.717) is 21.9 Å². The van der Waals surface area contributed by atoms with Crippen LogP contribution in [-0.4, -0.2) is 43.5 Å². The predicted molar refractivity (Wildman–Crippen MR) is 117 cm³/mol. The van der Waals surface area contributed by atoms with Crippen molar-refractivity contribution in [1.82, 2.24) is 9.97 Å². The molecule has 0 aliphatic heterocycles. The monoisotopic (exact) mass is 435 g/mol. The van der Waals surface area contributed by atoms with Crippen molar-refractivity contribution >= 4 is 54.8 Å². The van der Waals surface area contributed by atoms with E-state index in [9.17, 15) is 13.7 Å². The Kier molecular flexibility index (Phi) is 6.17. The van der Waals surface area contributed by atoms with Crippen molar-refractivity contribution in [3.05, 3.63) is 35.7 Å².